The summed E-state index contributed by atoms with van der Waals surface area (Å²) < 4.78 is 5.13. The van der Waals surface area contributed by atoms with E-state index in [9.17, 15) is 9.59 Å². The molecule has 0 aromatic heterocycles. The highest BCUT2D eigenvalue weighted by atomic mass is 16.5. The minimum absolute atomic E-state index is 0.00718. The van der Waals surface area contributed by atoms with Gasteiger partial charge in [-0.15, -0.1) is 0 Å². The van der Waals surface area contributed by atoms with Crippen LogP contribution in [0.2, 0.25) is 0 Å². The van der Waals surface area contributed by atoms with E-state index in [1.54, 1.807) is 4.90 Å². The van der Waals surface area contributed by atoms with Crippen LogP contribution in [0.4, 0.5) is 0 Å². The second kappa shape index (κ2) is 2.86. The Bertz CT molecular complexity index is 226. The standard InChI is InChI=1S/C8H11NO3/c10-7-3-9-6(4-12-5-7)1-2-8(9)11/h6H,1-5H2/t6-/m0/s1. The van der Waals surface area contributed by atoms with Crippen molar-refractivity contribution in [1.82, 2.24) is 4.90 Å². The third-order valence-electron chi connectivity index (χ3n) is 2.37. The molecule has 0 bridgehead atoms. The fraction of sp³-hybridized carbons (Fsp3) is 0.750. The summed E-state index contributed by atoms with van der Waals surface area (Å²) in [6.45, 7) is 0.946. The second-order valence-electron chi connectivity index (χ2n) is 3.27. The van der Waals surface area contributed by atoms with E-state index in [-0.39, 0.29) is 30.9 Å². The normalized spacial score (nSPS) is 30.3. The average Bonchev–Trinajstić information content (AvgIpc) is 2.31. The van der Waals surface area contributed by atoms with Gasteiger partial charge in [0.05, 0.1) is 19.2 Å². The molecule has 2 aliphatic rings. The predicted molar refractivity (Wildman–Crippen MR) is 40.6 cm³/mol. The fourth-order valence-electron chi connectivity index (χ4n) is 1.73. The first-order valence-electron chi connectivity index (χ1n) is 4.16. The number of ether oxygens (including phenoxy) is 1. The molecule has 2 rings (SSSR count). The summed E-state index contributed by atoms with van der Waals surface area (Å²) in [5.74, 6) is 0.103. The first-order chi connectivity index (χ1) is 5.77. The molecule has 1 atom stereocenters. The molecule has 0 N–H and O–H groups in total. The Balaban J connectivity index is 2.13. The van der Waals surface area contributed by atoms with E-state index in [1.165, 1.54) is 0 Å². The van der Waals surface area contributed by atoms with Gasteiger partial charge >= 0.3 is 0 Å². The first kappa shape index (κ1) is 7.73. The first-order valence-corrected chi connectivity index (χ1v) is 4.16. The van der Waals surface area contributed by atoms with Crippen molar-refractivity contribution in [1.29, 1.82) is 0 Å². The van der Waals surface area contributed by atoms with Crippen molar-refractivity contribution >= 4 is 11.7 Å². The minimum Gasteiger partial charge on any atom is -0.371 e. The zero-order valence-corrected chi connectivity index (χ0v) is 6.78. The minimum atomic E-state index is 0.00718. The van der Waals surface area contributed by atoms with E-state index < -0.39 is 0 Å². The van der Waals surface area contributed by atoms with E-state index in [0.717, 1.165) is 6.42 Å². The number of nitrogens with zero attached hydrogens (tertiary/aromatic N) is 1. The van der Waals surface area contributed by atoms with E-state index in [4.69, 9.17) is 4.74 Å². The maximum absolute atomic E-state index is 11.2. The summed E-state index contributed by atoms with van der Waals surface area (Å²) in [5, 5.41) is 0. The molecule has 2 fully saturated rings. The number of hydrogen-bond acceptors (Lipinski definition) is 3. The van der Waals surface area contributed by atoms with Gasteiger partial charge in [0.15, 0.2) is 5.78 Å². The summed E-state index contributed by atoms with van der Waals surface area (Å²) in [6.07, 6.45) is 1.41. The van der Waals surface area contributed by atoms with Gasteiger partial charge in [0, 0.05) is 6.42 Å². The van der Waals surface area contributed by atoms with Gasteiger partial charge in [-0.1, -0.05) is 0 Å². The number of Topliss-reactive ketones (excluding diaryl/α,β-unsaturated/α-hetero) is 1. The van der Waals surface area contributed by atoms with Crippen LogP contribution in [0.1, 0.15) is 12.8 Å². The number of hydrogen-bond donors (Lipinski definition) is 0. The number of carbonyl (C=O) groups excluding carboxylic acids is 2. The molecule has 4 heteroatoms. The zero-order chi connectivity index (χ0) is 8.55. The molecule has 2 aliphatic heterocycles. The van der Waals surface area contributed by atoms with Crippen LogP contribution in [0.25, 0.3) is 0 Å². The quantitative estimate of drug-likeness (QED) is 0.494. The van der Waals surface area contributed by atoms with Crippen LogP contribution >= 0.6 is 0 Å². The molecule has 0 radical (unpaired) electrons. The van der Waals surface area contributed by atoms with Crippen LogP contribution in [0, 0.1) is 0 Å². The average molecular weight is 169 g/mol. The van der Waals surface area contributed by atoms with Crippen LogP contribution in [-0.2, 0) is 14.3 Å². The molecule has 66 valence electrons. The Morgan fingerprint density at radius 3 is 3.08 bits per heavy atom. The summed E-state index contributed by atoms with van der Waals surface area (Å²) >= 11 is 0. The van der Waals surface area contributed by atoms with E-state index in [1.807, 2.05) is 0 Å². The molecule has 4 nitrogen and oxygen atoms in total. The van der Waals surface area contributed by atoms with Gasteiger partial charge in [-0.05, 0) is 6.42 Å². The summed E-state index contributed by atoms with van der Waals surface area (Å²) in [4.78, 5) is 23.9. The van der Waals surface area contributed by atoms with Gasteiger partial charge in [-0.3, -0.25) is 9.59 Å². The van der Waals surface area contributed by atoms with Crippen LogP contribution in [-0.4, -0.2) is 42.4 Å². The van der Waals surface area contributed by atoms with Crippen molar-refractivity contribution in [3.63, 3.8) is 0 Å². The highest BCUT2D eigenvalue weighted by Gasteiger charge is 2.34. The number of fused-ring (bicyclic) bond motifs is 1. The molecule has 0 unspecified atom stereocenters. The number of rotatable bonds is 0. The molecule has 2 heterocycles. The maximum atomic E-state index is 11.2. The number of ketones is 1. The zero-order valence-electron chi connectivity index (χ0n) is 6.78. The van der Waals surface area contributed by atoms with Crippen LogP contribution in [0.5, 0.6) is 0 Å². The SMILES string of the molecule is O=C1COC[C@@H]2CCC(=O)N2C1. The van der Waals surface area contributed by atoms with Gasteiger partial charge in [-0.2, -0.15) is 0 Å². The van der Waals surface area contributed by atoms with Gasteiger partial charge in [-0.25, -0.2) is 0 Å². The maximum Gasteiger partial charge on any atom is 0.223 e. The van der Waals surface area contributed by atoms with Crippen molar-refractivity contribution < 1.29 is 14.3 Å². The molecule has 0 aromatic rings. The monoisotopic (exact) mass is 169 g/mol. The molecular weight excluding hydrogens is 158 g/mol. The Morgan fingerprint density at radius 1 is 1.42 bits per heavy atom. The summed E-state index contributed by atoms with van der Waals surface area (Å²) in [5.41, 5.74) is 0. The smallest absolute Gasteiger partial charge is 0.223 e. The van der Waals surface area contributed by atoms with Gasteiger partial charge in [0.1, 0.15) is 6.61 Å². The summed E-state index contributed by atoms with van der Waals surface area (Å²) in [6, 6.07) is 0.156. The molecule has 0 saturated carbocycles. The Morgan fingerprint density at radius 2 is 2.25 bits per heavy atom. The molecule has 1 amide bonds. The van der Waals surface area contributed by atoms with Gasteiger partial charge in [0.25, 0.3) is 0 Å². The van der Waals surface area contributed by atoms with Crippen molar-refractivity contribution in [2.24, 2.45) is 0 Å². The van der Waals surface area contributed by atoms with Crippen molar-refractivity contribution in [3.05, 3.63) is 0 Å². The van der Waals surface area contributed by atoms with Crippen molar-refractivity contribution in [2.75, 3.05) is 19.8 Å². The lowest BCUT2D eigenvalue weighted by atomic mass is 10.2. The molecule has 2 saturated heterocycles. The largest absolute Gasteiger partial charge is 0.371 e. The lowest BCUT2D eigenvalue weighted by Gasteiger charge is -2.19. The lowest BCUT2D eigenvalue weighted by Crippen LogP contribution is -2.36. The van der Waals surface area contributed by atoms with Crippen molar-refractivity contribution in [2.45, 2.75) is 18.9 Å². The van der Waals surface area contributed by atoms with E-state index >= 15 is 0 Å². The number of amides is 1. The van der Waals surface area contributed by atoms with Gasteiger partial charge in [0.2, 0.25) is 5.91 Å². The molecule has 0 aliphatic carbocycles. The fourth-order valence-corrected chi connectivity index (χ4v) is 1.73. The van der Waals surface area contributed by atoms with Crippen LogP contribution in [0.3, 0.4) is 0 Å². The third-order valence-corrected chi connectivity index (χ3v) is 2.37. The Kier molecular flexibility index (Phi) is 1.84. The van der Waals surface area contributed by atoms with Crippen LogP contribution in [0.15, 0.2) is 0 Å². The lowest BCUT2D eigenvalue weighted by molar-refractivity contribution is -0.132. The molecule has 12 heavy (non-hydrogen) atoms. The Hall–Kier alpha value is -0.900. The molecule has 0 aromatic carbocycles. The van der Waals surface area contributed by atoms with E-state index in [2.05, 4.69) is 0 Å². The second-order valence-corrected chi connectivity index (χ2v) is 3.27. The number of carbonyl (C=O) groups is 2. The van der Waals surface area contributed by atoms with E-state index in [0.29, 0.717) is 13.0 Å². The molecule has 0 spiro atoms. The molecular formula is C8H11NO3. The highest BCUT2D eigenvalue weighted by Crippen LogP contribution is 2.20. The topological polar surface area (TPSA) is 46.6 Å². The third kappa shape index (κ3) is 1.22. The van der Waals surface area contributed by atoms with Gasteiger partial charge < -0.3 is 9.64 Å². The van der Waals surface area contributed by atoms with Crippen molar-refractivity contribution in [3.8, 4) is 0 Å². The summed E-state index contributed by atoms with van der Waals surface area (Å²) in [7, 11) is 0. The van der Waals surface area contributed by atoms with Crippen LogP contribution < -0.4 is 0 Å². The predicted octanol–water partition coefficient (Wildman–Crippen LogP) is -0.423. The highest BCUT2D eigenvalue weighted by molar-refractivity contribution is 5.88. The Labute approximate surface area is 70.5 Å².